The summed E-state index contributed by atoms with van der Waals surface area (Å²) in [6.45, 7) is 6.42. The minimum Gasteiger partial charge on any atom is -0.379 e. The summed E-state index contributed by atoms with van der Waals surface area (Å²) in [6, 6.07) is 0.306. The molecule has 5 heteroatoms. The van der Waals surface area contributed by atoms with Gasteiger partial charge in [-0.25, -0.2) is 0 Å². The summed E-state index contributed by atoms with van der Waals surface area (Å²) < 4.78 is 10.7. The van der Waals surface area contributed by atoms with E-state index in [0.717, 1.165) is 25.4 Å². The standard InChI is InChI=1S/C10H17N3O2/c1-3-9-12-10(15-13-9)7-5-14-6-8(7)11-4-2/h7-8,11H,3-6H2,1-2H3. The Morgan fingerprint density at radius 1 is 1.40 bits per heavy atom. The summed E-state index contributed by atoms with van der Waals surface area (Å²) in [4.78, 5) is 4.35. The minimum absolute atomic E-state index is 0.206. The van der Waals surface area contributed by atoms with E-state index in [2.05, 4.69) is 22.4 Å². The average Bonchev–Trinajstić information content (AvgIpc) is 2.85. The molecule has 2 rings (SSSR count). The molecule has 0 spiro atoms. The van der Waals surface area contributed by atoms with Crippen molar-refractivity contribution >= 4 is 0 Å². The van der Waals surface area contributed by atoms with E-state index in [0.29, 0.717) is 18.5 Å². The predicted molar refractivity (Wildman–Crippen MR) is 54.7 cm³/mol. The van der Waals surface area contributed by atoms with Crippen molar-refractivity contribution in [2.75, 3.05) is 19.8 Å². The third-order valence-electron chi connectivity index (χ3n) is 2.66. The zero-order chi connectivity index (χ0) is 10.7. The largest absolute Gasteiger partial charge is 0.379 e. The molecular weight excluding hydrogens is 194 g/mol. The molecule has 0 bridgehead atoms. The van der Waals surface area contributed by atoms with Gasteiger partial charge >= 0.3 is 0 Å². The number of aryl methyl sites for hydroxylation is 1. The zero-order valence-electron chi connectivity index (χ0n) is 9.19. The minimum atomic E-state index is 0.206. The topological polar surface area (TPSA) is 60.2 Å². The fourth-order valence-corrected chi connectivity index (χ4v) is 1.82. The average molecular weight is 211 g/mol. The van der Waals surface area contributed by atoms with E-state index >= 15 is 0 Å². The molecule has 2 atom stereocenters. The smallest absolute Gasteiger partial charge is 0.233 e. The van der Waals surface area contributed by atoms with Crippen molar-refractivity contribution in [2.24, 2.45) is 0 Å². The Morgan fingerprint density at radius 3 is 2.93 bits per heavy atom. The number of nitrogens with one attached hydrogen (secondary N) is 1. The van der Waals surface area contributed by atoms with Crippen LogP contribution < -0.4 is 5.32 Å². The first-order valence-electron chi connectivity index (χ1n) is 5.48. The van der Waals surface area contributed by atoms with Gasteiger partial charge in [-0.1, -0.05) is 19.0 Å². The van der Waals surface area contributed by atoms with Gasteiger partial charge in [-0.2, -0.15) is 4.98 Å². The number of ether oxygens (including phenoxy) is 1. The van der Waals surface area contributed by atoms with Crippen LogP contribution in [0.3, 0.4) is 0 Å². The molecule has 1 aromatic rings. The molecule has 84 valence electrons. The Balaban J connectivity index is 2.08. The quantitative estimate of drug-likeness (QED) is 0.795. The van der Waals surface area contributed by atoms with Crippen LogP contribution >= 0.6 is 0 Å². The Hall–Kier alpha value is -0.940. The SMILES string of the molecule is CCNC1COCC1c1nc(CC)no1. The van der Waals surface area contributed by atoms with E-state index in [9.17, 15) is 0 Å². The second-order valence-corrected chi connectivity index (χ2v) is 3.71. The maximum Gasteiger partial charge on any atom is 0.233 e. The molecule has 0 amide bonds. The van der Waals surface area contributed by atoms with Gasteiger partial charge in [0.05, 0.1) is 19.1 Å². The van der Waals surface area contributed by atoms with E-state index < -0.39 is 0 Å². The zero-order valence-corrected chi connectivity index (χ0v) is 9.19. The van der Waals surface area contributed by atoms with Crippen LogP contribution in [0.4, 0.5) is 0 Å². The van der Waals surface area contributed by atoms with E-state index in [1.54, 1.807) is 0 Å². The molecule has 1 fully saturated rings. The highest BCUT2D eigenvalue weighted by Gasteiger charge is 2.33. The van der Waals surface area contributed by atoms with Gasteiger partial charge < -0.3 is 14.6 Å². The lowest BCUT2D eigenvalue weighted by molar-refractivity contribution is 0.185. The Morgan fingerprint density at radius 2 is 2.27 bits per heavy atom. The number of hydrogen-bond acceptors (Lipinski definition) is 5. The number of hydrogen-bond donors (Lipinski definition) is 1. The molecule has 1 aliphatic heterocycles. The second kappa shape index (κ2) is 4.72. The summed E-state index contributed by atoms with van der Waals surface area (Å²) in [7, 11) is 0. The first-order chi connectivity index (χ1) is 7.35. The molecule has 0 aliphatic carbocycles. The maximum absolute atomic E-state index is 5.43. The van der Waals surface area contributed by atoms with Crippen LogP contribution in [0.5, 0.6) is 0 Å². The van der Waals surface area contributed by atoms with Crippen molar-refractivity contribution in [3.63, 3.8) is 0 Å². The third kappa shape index (κ3) is 2.18. The van der Waals surface area contributed by atoms with E-state index in [-0.39, 0.29) is 5.92 Å². The molecule has 2 heterocycles. The highest BCUT2D eigenvalue weighted by Crippen LogP contribution is 2.24. The van der Waals surface area contributed by atoms with E-state index in [1.807, 2.05) is 6.92 Å². The highest BCUT2D eigenvalue weighted by molar-refractivity contribution is 5.02. The number of rotatable bonds is 4. The molecule has 1 N–H and O–H groups in total. The summed E-state index contributed by atoms with van der Waals surface area (Å²) in [5.74, 6) is 1.68. The fraction of sp³-hybridized carbons (Fsp3) is 0.800. The normalized spacial score (nSPS) is 26.0. The molecule has 15 heavy (non-hydrogen) atoms. The van der Waals surface area contributed by atoms with E-state index in [1.165, 1.54) is 0 Å². The van der Waals surface area contributed by atoms with Gasteiger partial charge in [0, 0.05) is 12.5 Å². The fourth-order valence-electron chi connectivity index (χ4n) is 1.82. The Bertz CT molecular complexity index is 313. The Labute approximate surface area is 89.2 Å². The van der Waals surface area contributed by atoms with Crippen molar-refractivity contribution in [1.82, 2.24) is 15.5 Å². The van der Waals surface area contributed by atoms with Gasteiger partial charge in [0.2, 0.25) is 5.89 Å². The number of likely N-dealkylation sites (N-methyl/N-ethyl adjacent to an activating group) is 1. The maximum atomic E-state index is 5.43. The van der Waals surface area contributed by atoms with Crippen molar-refractivity contribution < 1.29 is 9.26 Å². The number of aromatic nitrogens is 2. The van der Waals surface area contributed by atoms with E-state index in [4.69, 9.17) is 9.26 Å². The van der Waals surface area contributed by atoms with Gasteiger partial charge in [-0.15, -0.1) is 0 Å². The lowest BCUT2D eigenvalue weighted by Gasteiger charge is -2.13. The molecule has 5 nitrogen and oxygen atoms in total. The van der Waals surface area contributed by atoms with Crippen LogP contribution in [0, 0.1) is 0 Å². The van der Waals surface area contributed by atoms with Crippen LogP contribution in [0.1, 0.15) is 31.5 Å². The third-order valence-corrected chi connectivity index (χ3v) is 2.66. The Kier molecular flexibility index (Phi) is 3.33. The van der Waals surface area contributed by atoms with Crippen LogP contribution in [0.25, 0.3) is 0 Å². The molecular formula is C10H17N3O2. The summed E-state index contributed by atoms with van der Waals surface area (Å²) in [5.41, 5.74) is 0. The number of nitrogens with zero attached hydrogens (tertiary/aromatic N) is 2. The van der Waals surface area contributed by atoms with Gasteiger partial charge in [0.15, 0.2) is 5.82 Å². The van der Waals surface area contributed by atoms with Crippen molar-refractivity contribution in [1.29, 1.82) is 0 Å². The first-order valence-corrected chi connectivity index (χ1v) is 5.48. The van der Waals surface area contributed by atoms with Gasteiger partial charge in [-0.05, 0) is 6.54 Å². The second-order valence-electron chi connectivity index (χ2n) is 3.71. The molecule has 1 aliphatic rings. The van der Waals surface area contributed by atoms with Crippen molar-refractivity contribution in [2.45, 2.75) is 32.2 Å². The lowest BCUT2D eigenvalue weighted by atomic mass is 10.0. The summed E-state index contributed by atoms with van der Waals surface area (Å²) >= 11 is 0. The molecule has 2 unspecified atom stereocenters. The summed E-state index contributed by atoms with van der Waals surface area (Å²) in [6.07, 6.45) is 0.808. The van der Waals surface area contributed by atoms with Gasteiger partial charge in [0.1, 0.15) is 0 Å². The first kappa shape index (κ1) is 10.6. The molecule has 0 aromatic carbocycles. The van der Waals surface area contributed by atoms with Crippen molar-refractivity contribution in [3.8, 4) is 0 Å². The predicted octanol–water partition coefficient (Wildman–Crippen LogP) is 0.724. The van der Waals surface area contributed by atoms with Crippen molar-refractivity contribution in [3.05, 3.63) is 11.7 Å². The molecule has 0 saturated carbocycles. The molecule has 1 saturated heterocycles. The monoisotopic (exact) mass is 211 g/mol. The van der Waals surface area contributed by atoms with Gasteiger partial charge in [0.25, 0.3) is 0 Å². The molecule has 0 radical (unpaired) electrons. The molecule has 1 aromatic heterocycles. The highest BCUT2D eigenvalue weighted by atomic mass is 16.5. The lowest BCUT2D eigenvalue weighted by Crippen LogP contribution is -2.34. The van der Waals surface area contributed by atoms with Crippen LogP contribution in [0.15, 0.2) is 4.52 Å². The van der Waals surface area contributed by atoms with Crippen LogP contribution in [-0.2, 0) is 11.2 Å². The van der Waals surface area contributed by atoms with Gasteiger partial charge in [-0.3, -0.25) is 0 Å². The van der Waals surface area contributed by atoms with Crippen LogP contribution in [-0.4, -0.2) is 35.9 Å². The van der Waals surface area contributed by atoms with Crippen LogP contribution in [0.2, 0.25) is 0 Å². The summed E-state index contributed by atoms with van der Waals surface area (Å²) in [5, 5.41) is 7.27.